The van der Waals surface area contributed by atoms with E-state index in [2.05, 4.69) is 34.4 Å². The van der Waals surface area contributed by atoms with Crippen LogP contribution < -0.4 is 10.6 Å². The number of hydrogen-bond donors (Lipinski definition) is 2. The summed E-state index contributed by atoms with van der Waals surface area (Å²) < 4.78 is 12.0. The molecule has 0 bridgehead atoms. The fourth-order valence-electron chi connectivity index (χ4n) is 2.74. The Kier molecular flexibility index (Phi) is 9.89. The molecular weight excluding hydrogens is 320 g/mol. The van der Waals surface area contributed by atoms with Crippen LogP contribution in [0.2, 0.25) is 0 Å². The van der Waals surface area contributed by atoms with Gasteiger partial charge in [-0.05, 0) is 53.5 Å². The van der Waals surface area contributed by atoms with Gasteiger partial charge in [0.05, 0.1) is 6.54 Å². The molecule has 1 unspecified atom stereocenters. The Hall–Kier alpha value is -0.620. The van der Waals surface area contributed by atoms with Gasteiger partial charge in [0.1, 0.15) is 0 Å². The zero-order valence-electron chi connectivity index (χ0n) is 16.4. The Bertz CT molecular complexity index is 398. The molecule has 5 nitrogen and oxygen atoms in total. The first-order valence-corrected chi connectivity index (χ1v) is 10.8. The molecule has 2 N–H and O–H groups in total. The summed E-state index contributed by atoms with van der Waals surface area (Å²) in [6.07, 6.45) is 4.91. The van der Waals surface area contributed by atoms with Gasteiger partial charge in [0.2, 0.25) is 0 Å². The standard InChI is InChI=1S/C18H38N4OS/c1-6-8-12-22-13-9-16(10-14-22)21-17(19-7-2)20-11-15-24(23)18(3,4)5/h16H,6-15H2,1-5H3,(H2,19,20,21). The van der Waals surface area contributed by atoms with Crippen LogP contribution in [-0.2, 0) is 10.8 Å². The maximum atomic E-state index is 12.1. The number of aliphatic imine (C=N–C) groups is 1. The first-order chi connectivity index (χ1) is 11.4. The number of guanidine groups is 1. The molecular formula is C18H38N4OS. The molecule has 0 aromatic heterocycles. The third-order valence-electron chi connectivity index (χ3n) is 4.33. The van der Waals surface area contributed by atoms with Crippen LogP contribution >= 0.6 is 0 Å². The monoisotopic (exact) mass is 358 g/mol. The Morgan fingerprint density at radius 2 is 1.92 bits per heavy atom. The van der Waals surface area contributed by atoms with Crippen LogP contribution in [-0.4, -0.2) is 64.3 Å². The van der Waals surface area contributed by atoms with Gasteiger partial charge in [0.15, 0.2) is 5.96 Å². The third-order valence-corrected chi connectivity index (χ3v) is 6.25. The maximum absolute atomic E-state index is 12.1. The molecule has 0 aromatic carbocycles. The molecule has 1 saturated heterocycles. The van der Waals surface area contributed by atoms with E-state index in [-0.39, 0.29) is 4.75 Å². The van der Waals surface area contributed by atoms with E-state index in [1.54, 1.807) is 0 Å². The predicted molar refractivity (Wildman–Crippen MR) is 106 cm³/mol. The van der Waals surface area contributed by atoms with E-state index >= 15 is 0 Å². The van der Waals surface area contributed by atoms with Crippen molar-refractivity contribution < 1.29 is 4.21 Å². The lowest BCUT2D eigenvalue weighted by molar-refractivity contribution is 0.203. The summed E-state index contributed by atoms with van der Waals surface area (Å²) in [6.45, 7) is 15.4. The molecule has 1 atom stereocenters. The Balaban J connectivity index is 2.40. The van der Waals surface area contributed by atoms with Gasteiger partial charge in [-0.25, -0.2) is 0 Å². The smallest absolute Gasteiger partial charge is 0.191 e. The van der Waals surface area contributed by atoms with E-state index in [4.69, 9.17) is 0 Å². The van der Waals surface area contributed by atoms with Crippen molar-refractivity contribution >= 4 is 16.8 Å². The Labute approximate surface area is 151 Å². The highest BCUT2D eigenvalue weighted by atomic mass is 32.2. The highest BCUT2D eigenvalue weighted by Gasteiger charge is 2.20. The average molecular weight is 359 g/mol. The van der Waals surface area contributed by atoms with Crippen molar-refractivity contribution in [1.29, 1.82) is 0 Å². The zero-order chi connectivity index (χ0) is 18.0. The van der Waals surface area contributed by atoms with Gasteiger partial charge >= 0.3 is 0 Å². The normalized spacial score (nSPS) is 19.3. The highest BCUT2D eigenvalue weighted by Crippen LogP contribution is 2.12. The summed E-state index contributed by atoms with van der Waals surface area (Å²) in [5.41, 5.74) is 0. The largest absolute Gasteiger partial charge is 0.357 e. The SMILES string of the molecule is CCCCN1CCC(NC(=NCCS(=O)C(C)(C)C)NCC)CC1. The van der Waals surface area contributed by atoms with Crippen LogP contribution in [0.3, 0.4) is 0 Å². The van der Waals surface area contributed by atoms with E-state index in [1.165, 1.54) is 45.3 Å². The molecule has 24 heavy (non-hydrogen) atoms. The van der Waals surface area contributed by atoms with Crippen molar-refractivity contribution in [3.63, 3.8) is 0 Å². The summed E-state index contributed by atoms with van der Waals surface area (Å²) >= 11 is 0. The summed E-state index contributed by atoms with van der Waals surface area (Å²) in [5, 5.41) is 6.87. The topological polar surface area (TPSA) is 56.7 Å². The first-order valence-electron chi connectivity index (χ1n) is 9.52. The molecule has 0 radical (unpaired) electrons. The number of unbranched alkanes of at least 4 members (excludes halogenated alkanes) is 1. The lowest BCUT2D eigenvalue weighted by atomic mass is 10.0. The van der Waals surface area contributed by atoms with Crippen molar-refractivity contribution in [3.8, 4) is 0 Å². The minimum Gasteiger partial charge on any atom is -0.357 e. The number of rotatable bonds is 8. The van der Waals surface area contributed by atoms with Gasteiger partial charge in [-0.1, -0.05) is 13.3 Å². The van der Waals surface area contributed by atoms with Gasteiger partial charge in [0.25, 0.3) is 0 Å². The quantitative estimate of drug-likeness (QED) is 0.517. The van der Waals surface area contributed by atoms with Crippen LogP contribution in [0.25, 0.3) is 0 Å². The van der Waals surface area contributed by atoms with Crippen molar-refractivity contribution in [2.45, 2.75) is 71.1 Å². The molecule has 6 heteroatoms. The molecule has 0 saturated carbocycles. The Morgan fingerprint density at radius 1 is 1.25 bits per heavy atom. The predicted octanol–water partition coefficient (Wildman–Crippen LogP) is 2.35. The number of likely N-dealkylation sites (tertiary alicyclic amines) is 1. The van der Waals surface area contributed by atoms with Crippen molar-refractivity contribution in [2.75, 3.05) is 38.5 Å². The molecule has 1 rings (SSSR count). The first kappa shape index (κ1) is 21.4. The number of piperidine rings is 1. The molecule has 0 aliphatic carbocycles. The molecule has 1 heterocycles. The van der Waals surface area contributed by atoms with E-state index in [0.29, 0.717) is 18.3 Å². The molecule has 0 aromatic rings. The van der Waals surface area contributed by atoms with Gasteiger partial charge < -0.3 is 15.5 Å². The Morgan fingerprint density at radius 3 is 2.46 bits per heavy atom. The van der Waals surface area contributed by atoms with E-state index in [0.717, 1.165) is 12.5 Å². The van der Waals surface area contributed by atoms with Gasteiger partial charge in [0, 0.05) is 47.0 Å². The molecule has 0 amide bonds. The minimum absolute atomic E-state index is 0.160. The lowest BCUT2D eigenvalue weighted by Crippen LogP contribution is -2.49. The van der Waals surface area contributed by atoms with Crippen LogP contribution in [0.1, 0.15) is 60.3 Å². The second kappa shape index (κ2) is 11.1. The summed E-state index contributed by atoms with van der Waals surface area (Å²) in [5.74, 6) is 1.49. The third kappa shape index (κ3) is 8.47. The number of nitrogens with zero attached hydrogens (tertiary/aromatic N) is 2. The van der Waals surface area contributed by atoms with Crippen LogP contribution in [0, 0.1) is 0 Å². The van der Waals surface area contributed by atoms with E-state index in [9.17, 15) is 4.21 Å². The fraction of sp³-hybridized carbons (Fsp3) is 0.944. The van der Waals surface area contributed by atoms with Crippen molar-refractivity contribution in [2.24, 2.45) is 4.99 Å². The van der Waals surface area contributed by atoms with Crippen LogP contribution in [0.5, 0.6) is 0 Å². The second-order valence-electron chi connectivity index (χ2n) is 7.54. The van der Waals surface area contributed by atoms with Gasteiger partial charge in [-0.15, -0.1) is 0 Å². The number of hydrogen-bond acceptors (Lipinski definition) is 3. The minimum atomic E-state index is -0.842. The van der Waals surface area contributed by atoms with Crippen molar-refractivity contribution in [1.82, 2.24) is 15.5 Å². The van der Waals surface area contributed by atoms with E-state index in [1.807, 2.05) is 20.8 Å². The summed E-state index contributed by atoms with van der Waals surface area (Å²) in [6, 6.07) is 0.494. The fourth-order valence-corrected chi connectivity index (χ4v) is 3.61. The number of nitrogens with one attached hydrogen (secondary N) is 2. The molecule has 142 valence electrons. The molecule has 0 spiro atoms. The molecule has 1 fully saturated rings. The van der Waals surface area contributed by atoms with Gasteiger partial charge in [-0.2, -0.15) is 0 Å². The molecule has 1 aliphatic heterocycles. The van der Waals surface area contributed by atoms with Crippen LogP contribution in [0.4, 0.5) is 0 Å². The van der Waals surface area contributed by atoms with Gasteiger partial charge in [-0.3, -0.25) is 9.20 Å². The maximum Gasteiger partial charge on any atom is 0.191 e. The summed E-state index contributed by atoms with van der Waals surface area (Å²) in [7, 11) is -0.842. The highest BCUT2D eigenvalue weighted by molar-refractivity contribution is 7.86. The average Bonchev–Trinajstić information content (AvgIpc) is 2.53. The lowest BCUT2D eigenvalue weighted by Gasteiger charge is -2.33. The summed E-state index contributed by atoms with van der Waals surface area (Å²) in [4.78, 5) is 7.19. The van der Waals surface area contributed by atoms with Crippen molar-refractivity contribution in [3.05, 3.63) is 0 Å². The zero-order valence-corrected chi connectivity index (χ0v) is 17.2. The second-order valence-corrected chi connectivity index (χ2v) is 9.86. The van der Waals surface area contributed by atoms with Crippen LogP contribution in [0.15, 0.2) is 4.99 Å². The molecule has 1 aliphatic rings. The van der Waals surface area contributed by atoms with E-state index < -0.39 is 10.8 Å².